The van der Waals surface area contributed by atoms with Crippen LogP contribution in [0.4, 0.5) is 0 Å². The first-order chi connectivity index (χ1) is 22.4. The van der Waals surface area contributed by atoms with E-state index in [-0.39, 0.29) is 36.6 Å². The Morgan fingerprint density at radius 1 is 0.543 bits per heavy atom. The van der Waals surface area contributed by atoms with Crippen molar-refractivity contribution in [3.8, 4) is 0 Å². The van der Waals surface area contributed by atoms with E-state index in [1.54, 1.807) is 13.8 Å². The lowest BCUT2D eigenvalue weighted by molar-refractivity contribution is -0.144. The zero-order valence-corrected chi connectivity index (χ0v) is 27.6. The van der Waals surface area contributed by atoms with Crippen molar-refractivity contribution in [2.45, 2.75) is 51.4 Å². The Morgan fingerprint density at radius 2 is 0.891 bits per heavy atom. The molecule has 0 saturated carbocycles. The van der Waals surface area contributed by atoms with Gasteiger partial charge in [0.2, 0.25) is 0 Å². The van der Waals surface area contributed by atoms with Crippen LogP contribution in [0.5, 0.6) is 0 Å². The van der Waals surface area contributed by atoms with Crippen molar-refractivity contribution < 1.29 is 19.1 Å². The molecule has 0 fully saturated rings. The van der Waals surface area contributed by atoms with Crippen LogP contribution in [0.2, 0.25) is 10.0 Å². The topological polar surface area (TPSA) is 77.3 Å². The van der Waals surface area contributed by atoms with E-state index in [1.165, 1.54) is 0 Å². The molecule has 46 heavy (non-hydrogen) atoms. The van der Waals surface area contributed by atoms with E-state index in [4.69, 9.17) is 42.9 Å². The van der Waals surface area contributed by atoms with Gasteiger partial charge < -0.3 is 9.47 Å². The minimum atomic E-state index is -0.284. The highest BCUT2D eigenvalue weighted by Gasteiger charge is 2.23. The maximum absolute atomic E-state index is 12.7. The SMILES string of the molecule is CCOC(=O)CC(C/C(=N\N=C(/CC(CC(=O)OCC)c1ccc(Cl)cc1)c1ccccc1)c1ccccc1)c1ccc(Cl)cc1. The molecule has 4 aromatic carbocycles. The molecule has 0 aliphatic carbocycles. The van der Waals surface area contributed by atoms with Crippen molar-refractivity contribution in [2.75, 3.05) is 13.2 Å². The normalized spacial score (nSPS) is 13.1. The second kappa shape index (κ2) is 18.0. The molecule has 4 aromatic rings. The zero-order valence-electron chi connectivity index (χ0n) is 26.1. The van der Waals surface area contributed by atoms with Gasteiger partial charge in [-0.3, -0.25) is 9.59 Å². The summed E-state index contributed by atoms with van der Waals surface area (Å²) in [6, 6.07) is 34.6. The van der Waals surface area contributed by atoms with Gasteiger partial charge in [-0.05, 0) is 85.0 Å². The maximum atomic E-state index is 12.7. The van der Waals surface area contributed by atoms with Crippen molar-refractivity contribution in [1.82, 2.24) is 0 Å². The van der Waals surface area contributed by atoms with Crippen molar-refractivity contribution in [1.29, 1.82) is 0 Å². The molecule has 0 saturated heterocycles. The van der Waals surface area contributed by atoms with Crippen LogP contribution < -0.4 is 0 Å². The molecule has 238 valence electrons. The predicted octanol–water partition coefficient (Wildman–Crippen LogP) is 9.44. The Morgan fingerprint density at radius 3 is 1.22 bits per heavy atom. The van der Waals surface area contributed by atoms with E-state index >= 15 is 0 Å². The van der Waals surface area contributed by atoms with Crippen LogP contribution in [0.3, 0.4) is 0 Å². The fourth-order valence-corrected chi connectivity index (χ4v) is 5.46. The minimum absolute atomic E-state index is 0.175. The monoisotopic (exact) mass is 656 g/mol. The number of rotatable bonds is 15. The summed E-state index contributed by atoms with van der Waals surface area (Å²) in [7, 11) is 0. The first-order valence-electron chi connectivity index (χ1n) is 15.4. The second-order valence-electron chi connectivity index (χ2n) is 10.7. The first-order valence-corrected chi connectivity index (χ1v) is 16.2. The van der Waals surface area contributed by atoms with E-state index in [0.29, 0.717) is 47.5 Å². The molecule has 0 spiro atoms. The zero-order chi connectivity index (χ0) is 32.7. The summed E-state index contributed by atoms with van der Waals surface area (Å²) < 4.78 is 10.6. The summed E-state index contributed by atoms with van der Waals surface area (Å²) in [5.41, 5.74) is 5.11. The third-order valence-corrected chi connectivity index (χ3v) is 8.01. The highest BCUT2D eigenvalue weighted by molar-refractivity contribution is 6.30. The predicted molar refractivity (Wildman–Crippen MR) is 186 cm³/mol. The van der Waals surface area contributed by atoms with Gasteiger partial charge in [0.05, 0.1) is 37.5 Å². The fourth-order valence-electron chi connectivity index (χ4n) is 5.21. The number of benzene rings is 4. The van der Waals surface area contributed by atoms with Crippen LogP contribution in [0.25, 0.3) is 0 Å². The highest BCUT2D eigenvalue weighted by atomic mass is 35.5. The summed E-state index contributed by atoms with van der Waals surface area (Å²) in [6.07, 6.45) is 1.21. The number of halogens is 2. The molecule has 0 aliphatic rings. The van der Waals surface area contributed by atoms with Crippen LogP contribution >= 0.6 is 23.2 Å². The van der Waals surface area contributed by atoms with Crippen molar-refractivity contribution >= 4 is 46.6 Å². The molecular formula is C38H38Cl2N2O4. The Hall–Kier alpha value is -4.26. The number of carbonyl (C=O) groups excluding carboxylic acids is 2. The molecule has 0 amide bonds. The molecule has 0 bridgehead atoms. The summed E-state index contributed by atoms with van der Waals surface area (Å²) >= 11 is 12.4. The second-order valence-corrected chi connectivity index (χ2v) is 11.6. The third-order valence-electron chi connectivity index (χ3n) is 7.50. The lowest BCUT2D eigenvalue weighted by Crippen LogP contribution is -2.16. The van der Waals surface area contributed by atoms with Crippen LogP contribution in [-0.4, -0.2) is 36.6 Å². The molecule has 0 radical (unpaired) electrons. The number of hydrogen-bond acceptors (Lipinski definition) is 6. The minimum Gasteiger partial charge on any atom is -0.466 e. The molecule has 4 rings (SSSR count). The van der Waals surface area contributed by atoms with Gasteiger partial charge in [0.25, 0.3) is 0 Å². The molecule has 0 heterocycles. The van der Waals surface area contributed by atoms with Crippen molar-refractivity contribution in [2.24, 2.45) is 10.2 Å². The van der Waals surface area contributed by atoms with Gasteiger partial charge in [-0.25, -0.2) is 0 Å². The third kappa shape index (κ3) is 10.7. The smallest absolute Gasteiger partial charge is 0.306 e. The summed E-state index contributed by atoms with van der Waals surface area (Å²) in [4.78, 5) is 25.4. The Bertz CT molecular complexity index is 1480. The number of nitrogens with zero attached hydrogens (tertiary/aromatic N) is 2. The van der Waals surface area contributed by atoms with E-state index in [0.717, 1.165) is 22.3 Å². The van der Waals surface area contributed by atoms with E-state index < -0.39 is 0 Å². The van der Waals surface area contributed by atoms with Crippen molar-refractivity contribution in [3.63, 3.8) is 0 Å². The summed E-state index contributed by atoms with van der Waals surface area (Å²) in [5, 5.41) is 11.0. The number of hydrogen-bond donors (Lipinski definition) is 0. The van der Waals surface area contributed by atoms with Gasteiger partial charge in [-0.1, -0.05) is 108 Å². The Balaban J connectivity index is 1.78. The average molecular weight is 658 g/mol. The average Bonchev–Trinajstić information content (AvgIpc) is 3.07. The van der Waals surface area contributed by atoms with Crippen LogP contribution in [0, 0.1) is 0 Å². The molecular weight excluding hydrogens is 619 g/mol. The Labute approximate surface area is 281 Å². The van der Waals surface area contributed by atoms with E-state index in [1.807, 2.05) is 109 Å². The van der Waals surface area contributed by atoms with E-state index in [2.05, 4.69) is 0 Å². The lowest BCUT2D eigenvalue weighted by atomic mass is 9.88. The van der Waals surface area contributed by atoms with Gasteiger partial charge in [-0.2, -0.15) is 10.2 Å². The maximum Gasteiger partial charge on any atom is 0.306 e. The standard InChI is InChI=1S/C38H38Cl2N2O4/c1-3-45-37(43)25-31(27-15-19-33(39)20-16-27)23-35(29-11-7-5-8-12-29)41-42-36(30-13-9-6-10-14-30)24-32(26-38(44)46-4-2)28-17-21-34(40)22-18-28/h5-22,31-32H,3-4,23-26H2,1-2H3/b41-35+,42-36+. The molecule has 0 aliphatic heterocycles. The van der Waals surface area contributed by atoms with Gasteiger partial charge in [0, 0.05) is 10.0 Å². The summed E-state index contributed by atoms with van der Waals surface area (Å²) in [6.45, 7) is 4.20. The molecule has 2 unspecified atom stereocenters. The van der Waals surface area contributed by atoms with Gasteiger partial charge in [-0.15, -0.1) is 0 Å². The molecule has 0 aromatic heterocycles. The number of esters is 2. The molecule has 8 heteroatoms. The highest BCUT2D eigenvalue weighted by Crippen LogP contribution is 2.30. The molecule has 6 nitrogen and oxygen atoms in total. The first kappa shape index (κ1) is 34.6. The van der Waals surface area contributed by atoms with Gasteiger partial charge in [0.1, 0.15) is 0 Å². The van der Waals surface area contributed by atoms with Gasteiger partial charge in [0.15, 0.2) is 0 Å². The molecule has 2 atom stereocenters. The van der Waals surface area contributed by atoms with Crippen molar-refractivity contribution in [3.05, 3.63) is 141 Å². The lowest BCUT2D eigenvalue weighted by Gasteiger charge is -2.19. The van der Waals surface area contributed by atoms with E-state index in [9.17, 15) is 9.59 Å². The van der Waals surface area contributed by atoms with Gasteiger partial charge >= 0.3 is 11.9 Å². The largest absolute Gasteiger partial charge is 0.466 e. The fraction of sp³-hybridized carbons (Fsp3) is 0.263. The Kier molecular flexibility index (Phi) is 13.6. The molecule has 0 N–H and O–H groups in total. The quantitative estimate of drug-likeness (QED) is 0.0725. The number of ether oxygens (including phenoxy) is 2. The number of carbonyl (C=O) groups is 2. The van der Waals surface area contributed by atoms with Crippen LogP contribution in [0.1, 0.15) is 73.6 Å². The van der Waals surface area contributed by atoms with Crippen LogP contribution in [-0.2, 0) is 19.1 Å². The van der Waals surface area contributed by atoms with Crippen LogP contribution in [0.15, 0.2) is 119 Å². The summed E-state index contributed by atoms with van der Waals surface area (Å²) in [5.74, 6) is -1.02.